The van der Waals surface area contributed by atoms with Gasteiger partial charge in [-0.25, -0.2) is 0 Å². The third-order valence-corrected chi connectivity index (χ3v) is 4.56. The summed E-state index contributed by atoms with van der Waals surface area (Å²) in [6.45, 7) is 3.30. The van der Waals surface area contributed by atoms with Crippen molar-refractivity contribution in [2.75, 3.05) is 6.61 Å². The third kappa shape index (κ3) is 4.03. The molecule has 1 heterocycles. The Labute approximate surface area is 113 Å². The molecular formula is C17H30O. The van der Waals surface area contributed by atoms with Gasteiger partial charge in [0.15, 0.2) is 0 Å². The largest absolute Gasteiger partial charge is 0.498 e. The van der Waals surface area contributed by atoms with E-state index in [1.54, 1.807) is 5.57 Å². The van der Waals surface area contributed by atoms with Gasteiger partial charge >= 0.3 is 0 Å². The van der Waals surface area contributed by atoms with Crippen LogP contribution in [-0.2, 0) is 4.74 Å². The van der Waals surface area contributed by atoms with Gasteiger partial charge in [-0.1, -0.05) is 45.4 Å². The van der Waals surface area contributed by atoms with Crippen LogP contribution in [0.15, 0.2) is 11.3 Å². The van der Waals surface area contributed by atoms with E-state index in [-0.39, 0.29) is 0 Å². The molecule has 0 spiro atoms. The van der Waals surface area contributed by atoms with E-state index in [2.05, 4.69) is 6.92 Å². The summed E-state index contributed by atoms with van der Waals surface area (Å²) in [4.78, 5) is 0. The Morgan fingerprint density at radius 3 is 2.56 bits per heavy atom. The average Bonchev–Trinajstić information content (AvgIpc) is 2.44. The summed E-state index contributed by atoms with van der Waals surface area (Å²) in [5.74, 6) is 2.24. The monoisotopic (exact) mass is 250 g/mol. The molecule has 0 radical (unpaired) electrons. The van der Waals surface area contributed by atoms with Gasteiger partial charge in [0.05, 0.1) is 12.4 Å². The number of ether oxygens (including phenoxy) is 1. The number of hydrogen-bond donors (Lipinski definition) is 0. The predicted molar refractivity (Wildman–Crippen MR) is 77.5 cm³/mol. The lowest BCUT2D eigenvalue weighted by molar-refractivity contribution is 0.167. The lowest BCUT2D eigenvalue weighted by Crippen LogP contribution is -2.14. The van der Waals surface area contributed by atoms with Gasteiger partial charge in [-0.05, 0) is 43.6 Å². The molecule has 0 bridgehead atoms. The molecule has 1 aliphatic heterocycles. The first-order valence-electron chi connectivity index (χ1n) is 8.26. The molecule has 2 aliphatic rings. The minimum absolute atomic E-state index is 0.836. The van der Waals surface area contributed by atoms with Crippen LogP contribution in [0.4, 0.5) is 0 Å². The molecule has 0 saturated carbocycles. The van der Waals surface area contributed by atoms with Crippen LogP contribution in [0.5, 0.6) is 0 Å². The maximum absolute atomic E-state index is 6.01. The Hall–Kier alpha value is -0.460. The summed E-state index contributed by atoms with van der Waals surface area (Å²) in [5, 5.41) is 0. The Morgan fingerprint density at radius 1 is 0.944 bits per heavy atom. The van der Waals surface area contributed by atoms with Crippen molar-refractivity contribution in [2.24, 2.45) is 5.92 Å². The molecule has 0 amide bonds. The maximum atomic E-state index is 6.01. The van der Waals surface area contributed by atoms with Crippen LogP contribution in [0.2, 0.25) is 0 Å². The van der Waals surface area contributed by atoms with E-state index in [0.717, 1.165) is 12.5 Å². The minimum Gasteiger partial charge on any atom is -0.498 e. The van der Waals surface area contributed by atoms with Gasteiger partial charge < -0.3 is 4.74 Å². The van der Waals surface area contributed by atoms with Crippen LogP contribution in [0, 0.1) is 5.92 Å². The summed E-state index contributed by atoms with van der Waals surface area (Å²) < 4.78 is 6.01. The van der Waals surface area contributed by atoms with E-state index in [4.69, 9.17) is 4.74 Å². The average molecular weight is 250 g/mol. The molecule has 1 atom stereocenters. The Bertz CT molecular complexity index is 267. The van der Waals surface area contributed by atoms with Crippen LogP contribution in [0.25, 0.3) is 0 Å². The quantitative estimate of drug-likeness (QED) is 0.619. The van der Waals surface area contributed by atoms with E-state index in [1.165, 1.54) is 82.8 Å². The molecule has 2 rings (SSSR count). The SMILES string of the molecule is CCCC1CCCCCCCCC2=C1CCCO2. The first kappa shape index (κ1) is 14.0. The molecule has 1 aliphatic carbocycles. The highest BCUT2D eigenvalue weighted by molar-refractivity contribution is 5.15. The van der Waals surface area contributed by atoms with Crippen molar-refractivity contribution in [3.05, 3.63) is 11.3 Å². The van der Waals surface area contributed by atoms with Crippen molar-refractivity contribution in [1.82, 2.24) is 0 Å². The Balaban J connectivity index is 2.09. The highest BCUT2D eigenvalue weighted by Crippen LogP contribution is 2.35. The standard InChI is InChI=1S/C17H30O/c1-2-10-15-11-7-5-3-4-6-8-13-17-16(15)12-9-14-18-17/h15H,2-14H2,1H3. The molecule has 104 valence electrons. The summed E-state index contributed by atoms with van der Waals surface area (Å²) >= 11 is 0. The molecule has 0 saturated heterocycles. The van der Waals surface area contributed by atoms with Gasteiger partial charge in [-0.15, -0.1) is 0 Å². The summed E-state index contributed by atoms with van der Waals surface area (Å²) in [7, 11) is 0. The molecule has 1 unspecified atom stereocenters. The van der Waals surface area contributed by atoms with Crippen molar-refractivity contribution in [3.63, 3.8) is 0 Å². The second-order valence-corrected chi connectivity index (χ2v) is 6.05. The lowest BCUT2D eigenvalue weighted by atomic mass is 9.84. The first-order valence-corrected chi connectivity index (χ1v) is 8.26. The van der Waals surface area contributed by atoms with Gasteiger partial charge in [0.2, 0.25) is 0 Å². The van der Waals surface area contributed by atoms with Crippen LogP contribution in [-0.4, -0.2) is 6.61 Å². The van der Waals surface area contributed by atoms with E-state index >= 15 is 0 Å². The van der Waals surface area contributed by atoms with Gasteiger partial charge in [0.25, 0.3) is 0 Å². The van der Waals surface area contributed by atoms with E-state index in [9.17, 15) is 0 Å². The van der Waals surface area contributed by atoms with Crippen molar-refractivity contribution in [2.45, 2.75) is 84.0 Å². The molecule has 0 N–H and O–H groups in total. The smallest absolute Gasteiger partial charge is 0.0954 e. The number of allylic oxidation sites excluding steroid dienone is 2. The molecular weight excluding hydrogens is 220 g/mol. The van der Waals surface area contributed by atoms with Crippen molar-refractivity contribution in [1.29, 1.82) is 0 Å². The van der Waals surface area contributed by atoms with E-state index in [1.807, 2.05) is 0 Å². The zero-order chi connectivity index (χ0) is 12.6. The second kappa shape index (κ2) is 7.86. The predicted octanol–water partition coefficient (Wildman–Crippen LogP) is 5.60. The third-order valence-electron chi connectivity index (χ3n) is 4.56. The highest BCUT2D eigenvalue weighted by Gasteiger charge is 2.21. The Morgan fingerprint density at radius 2 is 1.72 bits per heavy atom. The Kier molecular flexibility index (Phi) is 6.10. The van der Waals surface area contributed by atoms with Crippen LogP contribution >= 0.6 is 0 Å². The zero-order valence-electron chi connectivity index (χ0n) is 12.2. The van der Waals surface area contributed by atoms with Crippen LogP contribution in [0.1, 0.15) is 84.0 Å². The van der Waals surface area contributed by atoms with Gasteiger partial charge in [-0.3, -0.25) is 0 Å². The number of rotatable bonds is 2. The van der Waals surface area contributed by atoms with E-state index < -0.39 is 0 Å². The molecule has 0 aromatic rings. The normalized spacial score (nSPS) is 27.1. The van der Waals surface area contributed by atoms with Gasteiger partial charge in [0, 0.05) is 6.42 Å². The topological polar surface area (TPSA) is 9.23 Å². The van der Waals surface area contributed by atoms with Crippen molar-refractivity contribution in [3.8, 4) is 0 Å². The zero-order valence-corrected chi connectivity index (χ0v) is 12.2. The summed E-state index contributed by atoms with van der Waals surface area (Å²) in [6.07, 6.45) is 16.4. The highest BCUT2D eigenvalue weighted by atomic mass is 16.5. The van der Waals surface area contributed by atoms with Crippen molar-refractivity contribution < 1.29 is 4.74 Å². The molecule has 1 nitrogen and oxygen atoms in total. The first-order chi connectivity index (χ1) is 8.92. The second-order valence-electron chi connectivity index (χ2n) is 6.05. The molecule has 0 aromatic heterocycles. The van der Waals surface area contributed by atoms with Crippen LogP contribution in [0.3, 0.4) is 0 Å². The summed E-state index contributed by atoms with van der Waals surface area (Å²) in [5.41, 5.74) is 1.71. The maximum Gasteiger partial charge on any atom is 0.0954 e. The number of hydrogen-bond acceptors (Lipinski definition) is 1. The molecule has 1 heteroatoms. The fourth-order valence-corrected chi connectivity index (χ4v) is 3.58. The summed E-state index contributed by atoms with van der Waals surface area (Å²) in [6, 6.07) is 0. The molecule has 0 aromatic carbocycles. The van der Waals surface area contributed by atoms with Gasteiger partial charge in [-0.2, -0.15) is 0 Å². The van der Waals surface area contributed by atoms with Gasteiger partial charge in [0.1, 0.15) is 0 Å². The fourth-order valence-electron chi connectivity index (χ4n) is 3.58. The fraction of sp³-hybridized carbons (Fsp3) is 0.882. The van der Waals surface area contributed by atoms with E-state index in [0.29, 0.717) is 0 Å². The van der Waals surface area contributed by atoms with Crippen LogP contribution < -0.4 is 0 Å². The minimum atomic E-state index is 0.836. The lowest BCUT2D eigenvalue weighted by Gasteiger charge is -2.27. The van der Waals surface area contributed by atoms with Crippen molar-refractivity contribution >= 4 is 0 Å². The molecule has 0 fully saturated rings. The molecule has 18 heavy (non-hydrogen) atoms.